The third-order valence-electron chi connectivity index (χ3n) is 7.23. The molecule has 17 heteroatoms. The van der Waals surface area contributed by atoms with Crippen molar-refractivity contribution in [3.8, 4) is 0 Å². The van der Waals surface area contributed by atoms with Gasteiger partial charge in [-0.15, -0.1) is 0 Å². The lowest BCUT2D eigenvalue weighted by Gasteiger charge is -2.32. The molecule has 0 bridgehead atoms. The molecule has 17 nitrogen and oxygen atoms in total. The van der Waals surface area contributed by atoms with Gasteiger partial charge in [-0.25, -0.2) is 9.78 Å². The Morgan fingerprint density at radius 1 is 1.05 bits per heavy atom. The normalized spacial score (nSPS) is 18.0. The first-order chi connectivity index (χ1) is 20.2. The van der Waals surface area contributed by atoms with Crippen LogP contribution in [-0.2, 0) is 40.0 Å². The van der Waals surface area contributed by atoms with Crippen molar-refractivity contribution < 1.29 is 48.9 Å². The highest BCUT2D eigenvalue weighted by molar-refractivity contribution is 5.96. The summed E-state index contributed by atoms with van der Waals surface area (Å²) in [5.74, 6) is -7.42. The first-order valence-corrected chi connectivity index (χ1v) is 13.9. The number of hydrogen-bond acceptors (Lipinski definition) is 9. The van der Waals surface area contributed by atoms with Crippen molar-refractivity contribution in [2.45, 2.75) is 89.0 Å². The number of amides is 4. The molecule has 1 fully saturated rings. The zero-order valence-electron chi connectivity index (χ0n) is 23.9. The van der Waals surface area contributed by atoms with Crippen LogP contribution in [0, 0.1) is 5.92 Å². The van der Waals surface area contributed by atoms with Crippen molar-refractivity contribution in [1.29, 1.82) is 0 Å². The monoisotopic (exact) mass is 609 g/mol. The zero-order valence-corrected chi connectivity index (χ0v) is 23.9. The predicted molar refractivity (Wildman–Crippen MR) is 147 cm³/mol. The largest absolute Gasteiger partial charge is 0.481 e. The van der Waals surface area contributed by atoms with Gasteiger partial charge in [0.1, 0.15) is 24.2 Å². The number of imidazole rings is 1. The van der Waals surface area contributed by atoms with Crippen LogP contribution < -0.4 is 21.7 Å². The molecule has 238 valence electrons. The lowest BCUT2D eigenvalue weighted by molar-refractivity contribution is -0.147. The molecule has 1 aliphatic rings. The second-order valence-electron chi connectivity index (χ2n) is 10.4. The lowest BCUT2D eigenvalue weighted by Crippen LogP contribution is -2.59. The van der Waals surface area contributed by atoms with E-state index in [4.69, 9.17) is 15.9 Å². The molecule has 0 saturated carbocycles. The third-order valence-corrected chi connectivity index (χ3v) is 7.23. The summed E-state index contributed by atoms with van der Waals surface area (Å²) in [5, 5.41) is 34.5. The average molecular weight is 610 g/mol. The molecule has 0 unspecified atom stereocenters. The summed E-state index contributed by atoms with van der Waals surface area (Å²) < 4.78 is 0. The number of hydrogen-bond donors (Lipinski definition) is 8. The summed E-state index contributed by atoms with van der Waals surface area (Å²) in [6.45, 7) is 3.72. The van der Waals surface area contributed by atoms with E-state index >= 15 is 0 Å². The highest BCUT2D eigenvalue weighted by atomic mass is 16.4. The number of H-pyrrole nitrogens is 1. The highest BCUT2D eigenvalue weighted by Crippen LogP contribution is 2.22. The Labute approximate surface area is 247 Å². The van der Waals surface area contributed by atoms with E-state index in [1.54, 1.807) is 6.92 Å². The molecule has 43 heavy (non-hydrogen) atoms. The highest BCUT2D eigenvalue weighted by Gasteiger charge is 2.41. The van der Waals surface area contributed by atoms with Gasteiger partial charge in [-0.05, 0) is 25.2 Å². The lowest BCUT2D eigenvalue weighted by atomic mass is 9.96. The van der Waals surface area contributed by atoms with Crippen LogP contribution in [-0.4, -0.2) is 108 Å². The van der Waals surface area contributed by atoms with E-state index in [1.807, 2.05) is 6.92 Å². The first kappa shape index (κ1) is 34.7. The van der Waals surface area contributed by atoms with Gasteiger partial charge in [0.15, 0.2) is 0 Å². The van der Waals surface area contributed by atoms with Gasteiger partial charge in [0.2, 0.25) is 23.6 Å². The van der Waals surface area contributed by atoms with Gasteiger partial charge in [0.05, 0.1) is 18.8 Å². The van der Waals surface area contributed by atoms with Crippen molar-refractivity contribution in [1.82, 2.24) is 30.8 Å². The van der Waals surface area contributed by atoms with E-state index in [2.05, 4.69) is 25.9 Å². The molecule has 2 rings (SSSR count). The van der Waals surface area contributed by atoms with Gasteiger partial charge in [0, 0.05) is 31.3 Å². The molecule has 9 N–H and O–H groups in total. The SMILES string of the molecule is CC[C@H](C)[C@H](NC(=O)[C@@H](N)CCC(=O)O)C(=O)N1CCC[C@H]1C(=O)N[C@@H](Cc1cnc[nH]1)C(=O)N[C@@H](CC(=O)O)C(=O)O. The van der Waals surface area contributed by atoms with Gasteiger partial charge in [-0.3, -0.25) is 28.8 Å². The van der Waals surface area contributed by atoms with E-state index in [0.717, 1.165) is 0 Å². The fraction of sp³-hybridized carbons (Fsp3) is 0.615. The fourth-order valence-electron chi connectivity index (χ4n) is 4.58. The van der Waals surface area contributed by atoms with Crippen molar-refractivity contribution in [2.24, 2.45) is 11.7 Å². The molecule has 0 aliphatic carbocycles. The summed E-state index contributed by atoms with van der Waals surface area (Å²) >= 11 is 0. The predicted octanol–water partition coefficient (Wildman–Crippen LogP) is -1.80. The Balaban J connectivity index is 2.22. The third kappa shape index (κ3) is 10.4. The van der Waals surface area contributed by atoms with Gasteiger partial charge in [0.25, 0.3) is 0 Å². The van der Waals surface area contributed by atoms with Crippen LogP contribution in [0.15, 0.2) is 12.5 Å². The van der Waals surface area contributed by atoms with Gasteiger partial charge in [-0.1, -0.05) is 20.3 Å². The molecule has 1 saturated heterocycles. The quantitative estimate of drug-likeness (QED) is 0.0971. The standard InChI is InChI=1S/C26H39N7O10/c1-3-13(2)21(32-22(38)15(27)6-7-19(34)35)25(41)33-8-4-5-18(33)24(40)30-16(9-14-11-28-12-29-14)23(39)31-17(26(42)43)10-20(36)37/h11-13,15-18,21H,3-10,27H2,1-2H3,(H,28,29)(H,30,40)(H,31,39)(H,32,38)(H,34,35)(H,36,37)(H,42,43)/t13-,15-,16-,17-,18-,21-/m0/s1. The number of carboxylic acids is 3. The summed E-state index contributed by atoms with van der Waals surface area (Å²) in [4.78, 5) is 94.2. The average Bonchev–Trinajstić information content (AvgIpc) is 3.65. The summed E-state index contributed by atoms with van der Waals surface area (Å²) in [7, 11) is 0. The minimum Gasteiger partial charge on any atom is -0.481 e. The smallest absolute Gasteiger partial charge is 0.326 e. The van der Waals surface area contributed by atoms with Crippen LogP contribution in [0.3, 0.4) is 0 Å². The van der Waals surface area contributed by atoms with Crippen molar-refractivity contribution >= 4 is 41.5 Å². The van der Waals surface area contributed by atoms with Gasteiger partial charge in [-0.2, -0.15) is 0 Å². The van der Waals surface area contributed by atoms with Crippen LogP contribution in [0.2, 0.25) is 0 Å². The number of rotatable bonds is 17. The Morgan fingerprint density at radius 2 is 1.74 bits per heavy atom. The molecule has 2 heterocycles. The molecule has 6 atom stereocenters. The number of nitrogens with one attached hydrogen (secondary N) is 4. The number of carboxylic acid groups (broad SMARTS) is 3. The van der Waals surface area contributed by atoms with Crippen molar-refractivity contribution in [2.75, 3.05) is 6.54 Å². The van der Waals surface area contributed by atoms with Gasteiger partial charge < -0.3 is 46.9 Å². The first-order valence-electron chi connectivity index (χ1n) is 13.9. The second-order valence-corrected chi connectivity index (χ2v) is 10.4. The topological polar surface area (TPSA) is 274 Å². The maximum absolute atomic E-state index is 13.7. The summed E-state index contributed by atoms with van der Waals surface area (Å²) in [6, 6.07) is -6.34. The van der Waals surface area contributed by atoms with Crippen LogP contribution in [0.25, 0.3) is 0 Å². The molecule has 0 spiro atoms. The van der Waals surface area contributed by atoms with E-state index in [1.165, 1.54) is 17.4 Å². The number of aromatic amines is 1. The molecular weight excluding hydrogens is 570 g/mol. The van der Waals surface area contributed by atoms with Crippen molar-refractivity contribution in [3.63, 3.8) is 0 Å². The number of carbonyl (C=O) groups excluding carboxylic acids is 4. The summed E-state index contributed by atoms with van der Waals surface area (Å²) in [6.07, 6.45) is 2.41. The molecule has 1 aromatic rings. The van der Waals surface area contributed by atoms with Crippen LogP contribution >= 0.6 is 0 Å². The van der Waals surface area contributed by atoms with Crippen LogP contribution in [0.4, 0.5) is 0 Å². The maximum Gasteiger partial charge on any atom is 0.326 e. The molecule has 4 amide bonds. The Kier molecular flexibility index (Phi) is 13.0. The van der Waals surface area contributed by atoms with E-state index in [9.17, 15) is 38.7 Å². The second kappa shape index (κ2) is 16.2. The molecular formula is C26H39N7O10. The number of nitrogens with two attached hydrogens (primary N) is 1. The number of nitrogens with zero attached hydrogens (tertiary/aromatic N) is 2. The zero-order chi connectivity index (χ0) is 32.3. The van der Waals surface area contributed by atoms with E-state index in [-0.39, 0.29) is 38.1 Å². The number of aromatic nitrogens is 2. The minimum absolute atomic E-state index is 0.133. The van der Waals surface area contributed by atoms with E-state index < -0.39 is 78.2 Å². The number of aliphatic carboxylic acids is 3. The van der Waals surface area contributed by atoms with Crippen molar-refractivity contribution in [3.05, 3.63) is 18.2 Å². The number of likely N-dealkylation sites (tertiary alicyclic amines) is 1. The Morgan fingerprint density at radius 3 is 2.30 bits per heavy atom. The fourth-order valence-corrected chi connectivity index (χ4v) is 4.58. The Hall–Kier alpha value is -4.54. The van der Waals surface area contributed by atoms with E-state index in [0.29, 0.717) is 18.5 Å². The molecule has 0 radical (unpaired) electrons. The van der Waals surface area contributed by atoms with Crippen LogP contribution in [0.5, 0.6) is 0 Å². The minimum atomic E-state index is -1.75. The number of carbonyl (C=O) groups is 7. The molecule has 1 aromatic heterocycles. The molecule has 1 aliphatic heterocycles. The molecule has 0 aromatic carbocycles. The summed E-state index contributed by atoms with van der Waals surface area (Å²) in [5.41, 5.74) is 6.24. The Bertz CT molecular complexity index is 1180. The van der Waals surface area contributed by atoms with Crippen LogP contribution in [0.1, 0.15) is 58.1 Å². The maximum atomic E-state index is 13.7. The van der Waals surface area contributed by atoms with Gasteiger partial charge >= 0.3 is 17.9 Å².